The number of hydrogen-bond acceptors (Lipinski definition) is 3. The van der Waals surface area contributed by atoms with Crippen LogP contribution in [-0.2, 0) is 0 Å². The van der Waals surface area contributed by atoms with E-state index in [0.29, 0.717) is 11.6 Å². The maximum absolute atomic E-state index is 9.05. The summed E-state index contributed by atoms with van der Waals surface area (Å²) in [6.07, 6.45) is 4.26. The SMILES string of the molecule is Cc1ccc(-c2nc3cc(C#N)ccc3n2C2CC2)cn1. The molecule has 0 spiro atoms. The quantitative estimate of drug-likeness (QED) is 0.717. The summed E-state index contributed by atoms with van der Waals surface area (Å²) in [6.45, 7) is 1.98. The first kappa shape index (κ1) is 12.1. The van der Waals surface area contributed by atoms with Crippen molar-refractivity contribution in [1.29, 1.82) is 5.26 Å². The molecule has 1 aromatic carbocycles. The van der Waals surface area contributed by atoms with Crippen molar-refractivity contribution in [3.8, 4) is 17.5 Å². The third kappa shape index (κ3) is 1.98. The second kappa shape index (κ2) is 4.42. The first-order chi connectivity index (χ1) is 10.3. The van der Waals surface area contributed by atoms with Gasteiger partial charge in [-0.2, -0.15) is 5.26 Å². The molecule has 0 amide bonds. The molecule has 2 aromatic heterocycles. The van der Waals surface area contributed by atoms with Gasteiger partial charge in [-0.3, -0.25) is 4.98 Å². The Hall–Kier alpha value is -2.67. The number of rotatable bonds is 2. The minimum absolute atomic E-state index is 0.527. The predicted octanol–water partition coefficient (Wildman–Crippen LogP) is 3.61. The average Bonchev–Trinajstić information content (AvgIpc) is 3.27. The summed E-state index contributed by atoms with van der Waals surface area (Å²) in [7, 11) is 0. The highest BCUT2D eigenvalue weighted by atomic mass is 15.1. The Morgan fingerprint density at radius 3 is 2.76 bits per heavy atom. The van der Waals surface area contributed by atoms with Gasteiger partial charge < -0.3 is 4.57 Å². The number of nitriles is 1. The second-order valence-corrected chi connectivity index (χ2v) is 5.54. The van der Waals surface area contributed by atoms with E-state index in [4.69, 9.17) is 10.2 Å². The van der Waals surface area contributed by atoms with Gasteiger partial charge in [-0.1, -0.05) is 0 Å². The van der Waals surface area contributed by atoms with Crippen molar-refractivity contribution in [2.75, 3.05) is 0 Å². The van der Waals surface area contributed by atoms with Crippen LogP contribution in [0.25, 0.3) is 22.4 Å². The summed E-state index contributed by atoms with van der Waals surface area (Å²) in [6, 6.07) is 12.5. The molecule has 0 aliphatic heterocycles. The lowest BCUT2D eigenvalue weighted by Crippen LogP contribution is -1.97. The van der Waals surface area contributed by atoms with Gasteiger partial charge in [-0.15, -0.1) is 0 Å². The van der Waals surface area contributed by atoms with Crippen molar-refractivity contribution in [3.05, 3.63) is 47.8 Å². The summed E-state index contributed by atoms with van der Waals surface area (Å²) in [5.41, 5.74) is 4.67. The van der Waals surface area contributed by atoms with E-state index in [1.54, 1.807) is 0 Å². The first-order valence-corrected chi connectivity index (χ1v) is 7.11. The highest BCUT2D eigenvalue weighted by molar-refractivity contribution is 5.82. The van der Waals surface area contributed by atoms with E-state index in [0.717, 1.165) is 28.1 Å². The minimum Gasteiger partial charge on any atom is -0.321 e. The number of imidazole rings is 1. The maximum atomic E-state index is 9.05. The summed E-state index contributed by atoms with van der Waals surface area (Å²) >= 11 is 0. The largest absolute Gasteiger partial charge is 0.321 e. The van der Waals surface area contributed by atoms with Crippen LogP contribution >= 0.6 is 0 Å². The molecule has 0 N–H and O–H groups in total. The minimum atomic E-state index is 0.527. The lowest BCUT2D eigenvalue weighted by molar-refractivity contribution is 0.774. The molecule has 1 aliphatic rings. The van der Waals surface area contributed by atoms with Gasteiger partial charge in [0.05, 0.1) is 22.7 Å². The normalized spacial score (nSPS) is 14.3. The summed E-state index contributed by atoms with van der Waals surface area (Å²) in [5.74, 6) is 0.954. The van der Waals surface area contributed by atoms with E-state index in [-0.39, 0.29) is 0 Å². The Bertz CT molecular complexity index is 864. The van der Waals surface area contributed by atoms with Crippen LogP contribution in [0.15, 0.2) is 36.5 Å². The number of hydrogen-bond donors (Lipinski definition) is 0. The topological polar surface area (TPSA) is 54.5 Å². The van der Waals surface area contributed by atoms with Crippen molar-refractivity contribution in [2.45, 2.75) is 25.8 Å². The smallest absolute Gasteiger partial charge is 0.142 e. The summed E-state index contributed by atoms with van der Waals surface area (Å²) in [4.78, 5) is 9.13. The number of fused-ring (bicyclic) bond motifs is 1. The van der Waals surface area contributed by atoms with Crippen LogP contribution in [-0.4, -0.2) is 14.5 Å². The van der Waals surface area contributed by atoms with Crippen molar-refractivity contribution in [2.24, 2.45) is 0 Å². The number of pyridine rings is 1. The molecule has 1 saturated carbocycles. The fourth-order valence-corrected chi connectivity index (χ4v) is 2.67. The fourth-order valence-electron chi connectivity index (χ4n) is 2.67. The van der Waals surface area contributed by atoms with Crippen molar-refractivity contribution in [3.63, 3.8) is 0 Å². The molecule has 21 heavy (non-hydrogen) atoms. The van der Waals surface area contributed by atoms with Gasteiger partial charge in [0.2, 0.25) is 0 Å². The van der Waals surface area contributed by atoms with E-state index in [1.807, 2.05) is 37.4 Å². The van der Waals surface area contributed by atoms with Crippen LogP contribution in [0.4, 0.5) is 0 Å². The molecule has 1 fully saturated rings. The molecule has 1 aliphatic carbocycles. The second-order valence-electron chi connectivity index (χ2n) is 5.54. The molecule has 0 bridgehead atoms. The number of aromatic nitrogens is 3. The summed E-state index contributed by atoms with van der Waals surface area (Å²) in [5, 5.41) is 9.05. The highest BCUT2D eigenvalue weighted by Crippen LogP contribution is 2.41. The molecule has 4 rings (SSSR count). The number of benzene rings is 1. The predicted molar refractivity (Wildman–Crippen MR) is 80.7 cm³/mol. The van der Waals surface area contributed by atoms with Gasteiger partial charge in [-0.05, 0) is 50.1 Å². The molecule has 0 saturated heterocycles. The molecule has 102 valence electrons. The average molecular weight is 274 g/mol. The zero-order valence-corrected chi connectivity index (χ0v) is 11.7. The van der Waals surface area contributed by atoms with E-state index in [2.05, 4.69) is 21.7 Å². The number of nitrogens with zero attached hydrogens (tertiary/aromatic N) is 4. The van der Waals surface area contributed by atoms with Crippen LogP contribution in [0, 0.1) is 18.3 Å². The van der Waals surface area contributed by atoms with Gasteiger partial charge in [0, 0.05) is 23.5 Å². The van der Waals surface area contributed by atoms with Gasteiger partial charge in [0.1, 0.15) is 5.82 Å². The molecule has 0 unspecified atom stereocenters. The third-order valence-corrected chi connectivity index (χ3v) is 3.90. The molecule has 0 radical (unpaired) electrons. The van der Waals surface area contributed by atoms with Crippen molar-refractivity contribution >= 4 is 11.0 Å². The Kier molecular flexibility index (Phi) is 2.55. The van der Waals surface area contributed by atoms with E-state index in [1.165, 1.54) is 12.8 Å². The molecule has 3 aromatic rings. The van der Waals surface area contributed by atoms with Gasteiger partial charge >= 0.3 is 0 Å². The third-order valence-electron chi connectivity index (χ3n) is 3.90. The van der Waals surface area contributed by atoms with E-state index in [9.17, 15) is 0 Å². The van der Waals surface area contributed by atoms with Gasteiger partial charge in [-0.25, -0.2) is 4.98 Å². The van der Waals surface area contributed by atoms with Crippen LogP contribution in [0.5, 0.6) is 0 Å². The molecular formula is C17H14N4. The molecule has 0 atom stereocenters. The van der Waals surface area contributed by atoms with Crippen LogP contribution in [0.1, 0.15) is 30.1 Å². The van der Waals surface area contributed by atoms with Crippen LogP contribution < -0.4 is 0 Å². The molecule has 4 nitrogen and oxygen atoms in total. The lowest BCUT2D eigenvalue weighted by atomic mass is 10.2. The zero-order chi connectivity index (χ0) is 14.4. The Morgan fingerprint density at radius 2 is 2.10 bits per heavy atom. The highest BCUT2D eigenvalue weighted by Gasteiger charge is 2.28. The molecule has 2 heterocycles. The maximum Gasteiger partial charge on any atom is 0.142 e. The standard InChI is InChI=1S/C17H14N4/c1-11-2-4-13(10-19-11)17-20-15-8-12(9-18)3-7-16(15)21(17)14-5-6-14/h2-4,7-8,10,14H,5-6H2,1H3. The van der Waals surface area contributed by atoms with Crippen LogP contribution in [0.3, 0.4) is 0 Å². The molecule has 4 heteroatoms. The molecular weight excluding hydrogens is 260 g/mol. The Balaban J connectivity index is 1.97. The van der Waals surface area contributed by atoms with Crippen molar-refractivity contribution < 1.29 is 0 Å². The van der Waals surface area contributed by atoms with Crippen molar-refractivity contribution in [1.82, 2.24) is 14.5 Å². The Morgan fingerprint density at radius 1 is 1.24 bits per heavy atom. The summed E-state index contributed by atoms with van der Waals surface area (Å²) < 4.78 is 2.29. The number of aryl methyl sites for hydroxylation is 1. The fraction of sp³-hybridized carbons (Fsp3) is 0.235. The van der Waals surface area contributed by atoms with E-state index < -0.39 is 0 Å². The van der Waals surface area contributed by atoms with Gasteiger partial charge in [0.15, 0.2) is 0 Å². The van der Waals surface area contributed by atoms with Gasteiger partial charge in [0.25, 0.3) is 0 Å². The Labute approximate surface area is 122 Å². The van der Waals surface area contributed by atoms with Crippen LogP contribution in [0.2, 0.25) is 0 Å². The lowest BCUT2D eigenvalue weighted by Gasteiger charge is -2.07. The first-order valence-electron chi connectivity index (χ1n) is 7.11. The zero-order valence-electron chi connectivity index (χ0n) is 11.7. The monoisotopic (exact) mass is 274 g/mol. The van der Waals surface area contributed by atoms with E-state index >= 15 is 0 Å².